The average Bonchev–Trinajstić information content (AvgIpc) is 2.76. The molecule has 8 heteroatoms. The first kappa shape index (κ1) is 15.1. The lowest BCUT2D eigenvalue weighted by Gasteiger charge is -2.13. The first-order valence-corrected chi connectivity index (χ1v) is 6.91. The van der Waals surface area contributed by atoms with Crippen molar-refractivity contribution in [2.24, 2.45) is 0 Å². The van der Waals surface area contributed by atoms with Crippen LogP contribution in [0.15, 0.2) is 36.5 Å². The molecule has 2 heterocycles. The van der Waals surface area contributed by atoms with E-state index in [0.717, 1.165) is 11.0 Å². The maximum Gasteiger partial charge on any atom is 0.280 e. The number of aromatic nitrogens is 1. The number of nitrogens with zero attached hydrogens (tertiary/aromatic N) is 2. The third-order valence-corrected chi connectivity index (χ3v) is 3.53. The molecule has 2 aromatic rings. The van der Waals surface area contributed by atoms with Gasteiger partial charge in [-0.25, -0.2) is 4.39 Å². The van der Waals surface area contributed by atoms with Crippen LogP contribution in [-0.4, -0.2) is 34.2 Å². The molecule has 0 unspecified atom stereocenters. The summed E-state index contributed by atoms with van der Waals surface area (Å²) in [6.07, 6.45) is 1.40. The molecule has 0 atom stereocenters. The minimum absolute atomic E-state index is 0.0233. The van der Waals surface area contributed by atoms with Gasteiger partial charge in [0.2, 0.25) is 5.91 Å². The van der Waals surface area contributed by atoms with Gasteiger partial charge in [-0.15, -0.1) is 0 Å². The minimum atomic E-state index is -0.627. The number of nitrogens with one attached hydrogen (secondary N) is 1. The van der Waals surface area contributed by atoms with Crippen LogP contribution in [-0.2, 0) is 4.79 Å². The van der Waals surface area contributed by atoms with Crippen LogP contribution in [0.2, 0.25) is 5.02 Å². The molecule has 6 nitrogen and oxygen atoms in total. The molecule has 1 aliphatic rings. The zero-order chi connectivity index (χ0) is 16.6. The topological polar surface area (TPSA) is 79.4 Å². The number of carbonyl (C=O) groups excluding carboxylic acids is 3. The van der Waals surface area contributed by atoms with E-state index >= 15 is 0 Å². The Morgan fingerprint density at radius 1 is 1.26 bits per heavy atom. The van der Waals surface area contributed by atoms with Crippen LogP contribution in [0, 0.1) is 5.82 Å². The van der Waals surface area contributed by atoms with Crippen molar-refractivity contribution in [2.75, 3.05) is 11.9 Å². The van der Waals surface area contributed by atoms with Gasteiger partial charge in [-0.3, -0.25) is 24.3 Å². The third kappa shape index (κ3) is 2.78. The standard InChI is InChI=1S/C15H9ClFN3O3/c16-10-6-8(3-4-11(10)17)19-12(21)7-20-14(22)9-2-1-5-18-13(9)15(20)23/h1-6H,7H2,(H,19,21). The van der Waals surface area contributed by atoms with Gasteiger partial charge in [-0.2, -0.15) is 0 Å². The number of hydrogen-bond donors (Lipinski definition) is 1. The van der Waals surface area contributed by atoms with Gasteiger partial charge in [0.05, 0.1) is 10.6 Å². The highest BCUT2D eigenvalue weighted by atomic mass is 35.5. The highest BCUT2D eigenvalue weighted by molar-refractivity contribution is 6.31. The Labute approximate surface area is 134 Å². The SMILES string of the molecule is O=C(CN1C(=O)c2cccnc2C1=O)Nc1ccc(F)c(Cl)c1. The van der Waals surface area contributed by atoms with Crippen LogP contribution in [0.1, 0.15) is 20.8 Å². The molecule has 0 spiro atoms. The summed E-state index contributed by atoms with van der Waals surface area (Å²) in [4.78, 5) is 40.8. The zero-order valence-corrected chi connectivity index (χ0v) is 12.3. The predicted molar refractivity (Wildman–Crippen MR) is 79.6 cm³/mol. The van der Waals surface area contributed by atoms with Crippen LogP contribution in [0.3, 0.4) is 0 Å². The van der Waals surface area contributed by atoms with E-state index in [1.807, 2.05) is 0 Å². The molecule has 116 valence electrons. The zero-order valence-electron chi connectivity index (χ0n) is 11.5. The molecule has 0 saturated heterocycles. The summed E-state index contributed by atoms with van der Waals surface area (Å²) in [6, 6.07) is 6.67. The van der Waals surface area contributed by atoms with Gasteiger partial charge in [0.1, 0.15) is 18.1 Å². The summed E-state index contributed by atoms with van der Waals surface area (Å²) in [5, 5.41) is 2.30. The molecule has 0 radical (unpaired) electrons. The Morgan fingerprint density at radius 2 is 2.04 bits per heavy atom. The maximum absolute atomic E-state index is 13.1. The minimum Gasteiger partial charge on any atom is -0.324 e. The summed E-state index contributed by atoms with van der Waals surface area (Å²) >= 11 is 5.62. The predicted octanol–water partition coefficient (Wildman–Crippen LogP) is 2.11. The molecule has 0 saturated carbocycles. The number of fused-ring (bicyclic) bond motifs is 1. The maximum atomic E-state index is 13.1. The average molecular weight is 334 g/mol. The summed E-state index contributed by atoms with van der Waals surface area (Å²) < 4.78 is 13.1. The number of imide groups is 1. The Hall–Kier alpha value is -2.80. The summed E-state index contributed by atoms with van der Waals surface area (Å²) in [7, 11) is 0. The number of carbonyl (C=O) groups is 3. The number of rotatable bonds is 3. The molecule has 1 aromatic carbocycles. The van der Waals surface area contributed by atoms with Gasteiger partial charge in [-0.1, -0.05) is 11.6 Å². The van der Waals surface area contributed by atoms with Crippen molar-refractivity contribution in [3.8, 4) is 0 Å². The second kappa shape index (κ2) is 5.77. The van der Waals surface area contributed by atoms with Crippen LogP contribution in [0.25, 0.3) is 0 Å². The molecule has 3 amide bonds. The lowest BCUT2D eigenvalue weighted by Crippen LogP contribution is -2.37. The first-order chi connectivity index (χ1) is 11.0. The number of anilines is 1. The Morgan fingerprint density at radius 3 is 2.74 bits per heavy atom. The van der Waals surface area contributed by atoms with E-state index in [1.165, 1.54) is 30.5 Å². The van der Waals surface area contributed by atoms with Gasteiger partial charge in [-0.05, 0) is 30.3 Å². The van der Waals surface area contributed by atoms with E-state index in [1.54, 1.807) is 0 Å². The third-order valence-electron chi connectivity index (χ3n) is 3.24. The molecule has 1 N–H and O–H groups in total. The number of amides is 3. The lowest BCUT2D eigenvalue weighted by molar-refractivity contribution is -0.116. The molecule has 0 aliphatic carbocycles. The summed E-state index contributed by atoms with van der Waals surface area (Å²) in [5.41, 5.74) is 0.446. The fourth-order valence-electron chi connectivity index (χ4n) is 2.18. The Kier molecular flexibility index (Phi) is 3.79. The van der Waals surface area contributed by atoms with E-state index < -0.39 is 30.1 Å². The van der Waals surface area contributed by atoms with Gasteiger partial charge in [0.25, 0.3) is 11.8 Å². The molecule has 0 fully saturated rings. The molecular formula is C15H9ClFN3O3. The number of halogens is 2. The van der Waals surface area contributed by atoms with E-state index in [4.69, 9.17) is 11.6 Å². The molecule has 1 aliphatic heterocycles. The van der Waals surface area contributed by atoms with Gasteiger partial charge in [0.15, 0.2) is 0 Å². The van der Waals surface area contributed by atoms with Crippen molar-refractivity contribution in [3.05, 3.63) is 58.6 Å². The Bertz CT molecular complexity index is 805. The number of pyridine rings is 1. The molecule has 0 bridgehead atoms. The molecule has 23 heavy (non-hydrogen) atoms. The van der Waals surface area contributed by atoms with Gasteiger partial charge in [0, 0.05) is 11.9 Å². The van der Waals surface area contributed by atoms with Crippen molar-refractivity contribution < 1.29 is 18.8 Å². The highest BCUT2D eigenvalue weighted by Crippen LogP contribution is 2.21. The van der Waals surface area contributed by atoms with Crippen molar-refractivity contribution in [3.63, 3.8) is 0 Å². The van der Waals surface area contributed by atoms with Crippen LogP contribution in [0.5, 0.6) is 0 Å². The van der Waals surface area contributed by atoms with Crippen LogP contribution >= 0.6 is 11.6 Å². The van der Waals surface area contributed by atoms with E-state index in [2.05, 4.69) is 10.3 Å². The van der Waals surface area contributed by atoms with E-state index in [-0.39, 0.29) is 22.0 Å². The second-order valence-electron chi connectivity index (χ2n) is 4.77. The van der Waals surface area contributed by atoms with Crippen LogP contribution in [0.4, 0.5) is 10.1 Å². The fourth-order valence-corrected chi connectivity index (χ4v) is 2.36. The summed E-state index contributed by atoms with van der Waals surface area (Å²) in [5.74, 6) is -2.43. The molecule has 1 aromatic heterocycles. The van der Waals surface area contributed by atoms with Crippen LogP contribution < -0.4 is 5.32 Å². The van der Waals surface area contributed by atoms with Crippen molar-refractivity contribution in [1.29, 1.82) is 0 Å². The monoisotopic (exact) mass is 333 g/mol. The van der Waals surface area contributed by atoms with Gasteiger partial charge >= 0.3 is 0 Å². The fraction of sp³-hybridized carbons (Fsp3) is 0.0667. The van der Waals surface area contributed by atoms with Gasteiger partial charge < -0.3 is 5.32 Å². The highest BCUT2D eigenvalue weighted by Gasteiger charge is 2.37. The smallest absolute Gasteiger partial charge is 0.280 e. The Balaban J connectivity index is 1.73. The second-order valence-corrected chi connectivity index (χ2v) is 5.18. The summed E-state index contributed by atoms with van der Waals surface area (Å²) in [6.45, 7) is -0.469. The van der Waals surface area contributed by atoms with Crippen molar-refractivity contribution >= 4 is 35.0 Å². The first-order valence-electron chi connectivity index (χ1n) is 6.53. The van der Waals surface area contributed by atoms with Crippen molar-refractivity contribution in [2.45, 2.75) is 0 Å². The molecular weight excluding hydrogens is 325 g/mol. The molecule has 3 rings (SSSR count). The quantitative estimate of drug-likeness (QED) is 0.872. The number of hydrogen-bond acceptors (Lipinski definition) is 4. The van der Waals surface area contributed by atoms with E-state index in [0.29, 0.717) is 0 Å². The lowest BCUT2D eigenvalue weighted by atomic mass is 10.2. The van der Waals surface area contributed by atoms with E-state index in [9.17, 15) is 18.8 Å². The van der Waals surface area contributed by atoms with Crippen molar-refractivity contribution in [1.82, 2.24) is 9.88 Å². The number of benzene rings is 1. The largest absolute Gasteiger partial charge is 0.324 e. The normalized spacial score (nSPS) is 13.2.